The number of carbonyl (C=O) groups is 1. The van der Waals surface area contributed by atoms with Crippen LogP contribution in [-0.2, 0) is 14.8 Å². The van der Waals surface area contributed by atoms with Crippen LogP contribution in [0.3, 0.4) is 0 Å². The Hall–Kier alpha value is -2.58. The summed E-state index contributed by atoms with van der Waals surface area (Å²) in [6, 6.07) is 12.9. The molecular formula is C17H21N3O4S. The minimum Gasteiger partial charge on any atom is -0.457 e. The Bertz CT molecular complexity index is 833. The molecule has 8 heteroatoms. The number of hydrogen-bond donors (Lipinski definition) is 2. The van der Waals surface area contributed by atoms with Crippen molar-refractivity contribution in [2.45, 2.75) is 13.0 Å². The maximum atomic E-state index is 12.0. The highest BCUT2D eigenvalue weighted by atomic mass is 32.2. The van der Waals surface area contributed by atoms with Crippen LogP contribution in [0.25, 0.3) is 0 Å². The smallest absolute Gasteiger partial charge is 0.236 e. The Kier molecular flexibility index (Phi) is 5.66. The van der Waals surface area contributed by atoms with Gasteiger partial charge in [0.1, 0.15) is 17.5 Å². The molecule has 2 aromatic carbocycles. The minimum absolute atomic E-state index is 0.230. The van der Waals surface area contributed by atoms with Crippen molar-refractivity contribution < 1.29 is 17.9 Å². The van der Waals surface area contributed by atoms with Crippen molar-refractivity contribution >= 4 is 21.6 Å². The first-order chi connectivity index (χ1) is 11.7. The third kappa shape index (κ3) is 5.20. The average molecular weight is 363 g/mol. The number of nitrogens with zero attached hydrogens (tertiary/aromatic N) is 1. The summed E-state index contributed by atoms with van der Waals surface area (Å²) >= 11 is 0. The summed E-state index contributed by atoms with van der Waals surface area (Å²) in [6.45, 7) is 1.75. The van der Waals surface area contributed by atoms with E-state index in [1.54, 1.807) is 24.3 Å². The van der Waals surface area contributed by atoms with Gasteiger partial charge in [0, 0.05) is 0 Å². The van der Waals surface area contributed by atoms with Gasteiger partial charge < -0.3 is 16.2 Å². The van der Waals surface area contributed by atoms with Gasteiger partial charge in [0.2, 0.25) is 15.9 Å². The number of carbonyl (C=O) groups excluding carboxylic acids is 1. The number of anilines is 1. The zero-order valence-corrected chi connectivity index (χ0v) is 14.9. The van der Waals surface area contributed by atoms with Crippen molar-refractivity contribution in [2.24, 2.45) is 11.5 Å². The Balaban J connectivity index is 2.20. The SMILES string of the molecule is Cc1ccc(Oc2ccc(N(C[C@H](N)C(N)=O)S(C)(=O)=O)cc2)cc1. The van der Waals surface area contributed by atoms with Gasteiger partial charge >= 0.3 is 0 Å². The molecule has 0 aliphatic heterocycles. The highest BCUT2D eigenvalue weighted by molar-refractivity contribution is 7.92. The maximum absolute atomic E-state index is 12.0. The van der Waals surface area contributed by atoms with Gasteiger partial charge in [-0.3, -0.25) is 9.10 Å². The molecular weight excluding hydrogens is 342 g/mol. The van der Waals surface area contributed by atoms with Crippen LogP contribution in [0, 0.1) is 6.92 Å². The topological polar surface area (TPSA) is 116 Å². The van der Waals surface area contributed by atoms with Crippen LogP contribution in [0.4, 0.5) is 5.69 Å². The summed E-state index contributed by atoms with van der Waals surface area (Å²) in [7, 11) is -3.62. The second-order valence-corrected chi connectivity index (χ2v) is 7.62. The van der Waals surface area contributed by atoms with Gasteiger partial charge in [-0.25, -0.2) is 8.42 Å². The van der Waals surface area contributed by atoms with Gasteiger partial charge in [-0.2, -0.15) is 0 Å². The minimum atomic E-state index is -3.62. The number of hydrogen-bond acceptors (Lipinski definition) is 5. The summed E-state index contributed by atoms with van der Waals surface area (Å²) in [4.78, 5) is 11.1. The van der Waals surface area contributed by atoms with Crippen molar-refractivity contribution in [1.29, 1.82) is 0 Å². The summed E-state index contributed by atoms with van der Waals surface area (Å²) < 4.78 is 30.7. The molecule has 1 atom stereocenters. The molecule has 0 heterocycles. The van der Waals surface area contributed by atoms with E-state index in [4.69, 9.17) is 16.2 Å². The molecule has 0 saturated carbocycles. The highest BCUT2D eigenvalue weighted by Gasteiger charge is 2.22. The number of benzene rings is 2. The molecule has 2 rings (SSSR count). The normalized spacial score (nSPS) is 12.4. The number of sulfonamides is 1. The summed E-state index contributed by atoms with van der Waals surface area (Å²) in [5.74, 6) is 0.460. The molecule has 0 spiro atoms. The number of ether oxygens (including phenoxy) is 1. The fourth-order valence-corrected chi connectivity index (χ4v) is 3.06. The third-order valence-corrected chi connectivity index (χ3v) is 4.67. The van der Waals surface area contributed by atoms with Crippen LogP contribution in [-0.4, -0.2) is 33.2 Å². The Labute approximate surface area is 147 Å². The molecule has 0 saturated heterocycles. The molecule has 134 valence electrons. The molecule has 0 bridgehead atoms. The molecule has 1 amide bonds. The Morgan fingerprint density at radius 1 is 1.08 bits per heavy atom. The number of aryl methyl sites for hydroxylation is 1. The van der Waals surface area contributed by atoms with E-state index in [1.807, 2.05) is 31.2 Å². The Morgan fingerprint density at radius 3 is 2.00 bits per heavy atom. The van der Waals surface area contributed by atoms with Crippen LogP contribution in [0.15, 0.2) is 48.5 Å². The lowest BCUT2D eigenvalue weighted by molar-refractivity contribution is -0.119. The van der Waals surface area contributed by atoms with Crippen LogP contribution < -0.4 is 20.5 Å². The molecule has 2 aromatic rings. The largest absolute Gasteiger partial charge is 0.457 e. The quantitative estimate of drug-likeness (QED) is 0.771. The molecule has 0 aliphatic carbocycles. The molecule has 0 fully saturated rings. The molecule has 25 heavy (non-hydrogen) atoms. The van der Waals surface area contributed by atoms with E-state index in [0.29, 0.717) is 17.2 Å². The summed E-state index contributed by atoms with van der Waals surface area (Å²) in [6.07, 6.45) is 1.04. The second-order valence-electron chi connectivity index (χ2n) is 5.71. The van der Waals surface area contributed by atoms with Gasteiger partial charge in [-0.1, -0.05) is 17.7 Å². The average Bonchev–Trinajstić information content (AvgIpc) is 2.54. The predicted molar refractivity (Wildman–Crippen MR) is 97.1 cm³/mol. The molecule has 7 nitrogen and oxygen atoms in total. The fourth-order valence-electron chi connectivity index (χ4n) is 2.12. The number of nitrogens with two attached hydrogens (primary N) is 2. The van der Waals surface area contributed by atoms with E-state index in [0.717, 1.165) is 16.1 Å². The van der Waals surface area contributed by atoms with Crippen molar-refractivity contribution in [3.63, 3.8) is 0 Å². The van der Waals surface area contributed by atoms with Crippen LogP contribution in [0.1, 0.15) is 5.56 Å². The first-order valence-electron chi connectivity index (χ1n) is 7.54. The summed E-state index contributed by atoms with van der Waals surface area (Å²) in [5, 5.41) is 0. The molecule has 4 N–H and O–H groups in total. The lowest BCUT2D eigenvalue weighted by Gasteiger charge is -2.24. The van der Waals surface area contributed by atoms with E-state index >= 15 is 0 Å². The van der Waals surface area contributed by atoms with Gasteiger partial charge in [-0.05, 0) is 43.3 Å². The van der Waals surface area contributed by atoms with Crippen molar-refractivity contribution in [3.8, 4) is 11.5 Å². The lowest BCUT2D eigenvalue weighted by Crippen LogP contribution is -2.47. The van der Waals surface area contributed by atoms with E-state index in [-0.39, 0.29) is 6.54 Å². The van der Waals surface area contributed by atoms with Gasteiger partial charge in [0.15, 0.2) is 0 Å². The zero-order chi connectivity index (χ0) is 18.6. The van der Waals surface area contributed by atoms with E-state index in [9.17, 15) is 13.2 Å². The zero-order valence-electron chi connectivity index (χ0n) is 14.0. The molecule has 0 unspecified atom stereocenters. The molecule has 0 aliphatic rings. The van der Waals surface area contributed by atoms with Gasteiger partial charge in [0.05, 0.1) is 18.5 Å². The predicted octanol–water partition coefficient (Wildman–Crippen LogP) is 1.37. The number of rotatable bonds is 7. The number of amides is 1. The molecule has 0 aromatic heterocycles. The highest BCUT2D eigenvalue weighted by Crippen LogP contribution is 2.25. The molecule has 0 radical (unpaired) electrons. The van der Waals surface area contributed by atoms with Crippen LogP contribution in [0.5, 0.6) is 11.5 Å². The first kappa shape index (κ1) is 18.8. The van der Waals surface area contributed by atoms with E-state index in [1.165, 1.54) is 0 Å². The standard InChI is InChI=1S/C17H21N3O4S/c1-12-3-7-14(8-4-12)24-15-9-5-13(6-10-15)20(25(2,22)23)11-16(18)17(19)21/h3-10,16H,11,18H2,1-2H3,(H2,19,21)/t16-/m0/s1. The van der Waals surface area contributed by atoms with Crippen LogP contribution in [0.2, 0.25) is 0 Å². The number of primary amides is 1. The van der Waals surface area contributed by atoms with Crippen LogP contribution >= 0.6 is 0 Å². The first-order valence-corrected chi connectivity index (χ1v) is 9.39. The summed E-state index contributed by atoms with van der Waals surface area (Å²) in [5.41, 5.74) is 12.2. The second kappa shape index (κ2) is 7.54. The van der Waals surface area contributed by atoms with Gasteiger partial charge in [-0.15, -0.1) is 0 Å². The fraction of sp³-hybridized carbons (Fsp3) is 0.235. The van der Waals surface area contributed by atoms with Crippen molar-refractivity contribution in [3.05, 3.63) is 54.1 Å². The van der Waals surface area contributed by atoms with Crippen molar-refractivity contribution in [2.75, 3.05) is 17.1 Å². The van der Waals surface area contributed by atoms with Gasteiger partial charge in [0.25, 0.3) is 0 Å². The van der Waals surface area contributed by atoms with Crippen molar-refractivity contribution in [1.82, 2.24) is 0 Å². The Morgan fingerprint density at radius 2 is 1.56 bits per heavy atom. The monoisotopic (exact) mass is 363 g/mol. The van der Waals surface area contributed by atoms with E-state index < -0.39 is 22.0 Å². The third-order valence-electron chi connectivity index (χ3n) is 3.51. The lowest BCUT2D eigenvalue weighted by atomic mass is 10.2. The van der Waals surface area contributed by atoms with E-state index in [2.05, 4.69) is 0 Å². The maximum Gasteiger partial charge on any atom is 0.236 e.